The fourth-order valence-corrected chi connectivity index (χ4v) is 3.65. The maximum Gasteiger partial charge on any atom is 0.507 e. The predicted molar refractivity (Wildman–Crippen MR) is 125 cm³/mol. The van der Waals surface area contributed by atoms with Crippen LogP contribution in [0.2, 0.25) is 0 Å². The molecule has 33 heavy (non-hydrogen) atoms. The van der Waals surface area contributed by atoms with Crippen molar-refractivity contribution in [2.24, 2.45) is 7.05 Å². The molecule has 0 N–H and O–H groups in total. The molecule has 3 aromatic heterocycles. The van der Waals surface area contributed by atoms with Gasteiger partial charge in [-0.15, -0.1) is 35.9 Å². The summed E-state index contributed by atoms with van der Waals surface area (Å²) >= 11 is 0. The van der Waals surface area contributed by atoms with E-state index >= 15 is 0 Å². The predicted octanol–water partition coefficient (Wildman–Crippen LogP) is 4.29. The molecular formula is C24H29BIrN5O2-. The van der Waals surface area contributed by atoms with Crippen LogP contribution in [0.5, 0.6) is 0 Å². The van der Waals surface area contributed by atoms with Gasteiger partial charge in [0.1, 0.15) is 12.5 Å². The van der Waals surface area contributed by atoms with Crippen LogP contribution in [0.1, 0.15) is 27.7 Å². The first kappa shape index (κ1) is 25.1. The third-order valence-corrected chi connectivity index (χ3v) is 6.02. The number of hydrogen-bond donors (Lipinski definition) is 0. The number of nitrogens with zero attached hydrogens (tertiary/aromatic N) is 5. The van der Waals surface area contributed by atoms with E-state index in [-0.39, 0.29) is 20.1 Å². The van der Waals surface area contributed by atoms with Crippen LogP contribution in [0.15, 0.2) is 85.8 Å². The maximum atomic E-state index is 6.39. The molecule has 1 fully saturated rings. The standard InChI is InChI=1S/C13H21BN4O2.C11H8N.Ir/c1-12(2)13(3,4)20-14(19-12,18-8-6-7-15-18)17-10-9-16(5)11-17;1-2-6-10(7-3-1)11-8-4-5-9-12-11;/h6-11H,1-5H3;1-6,8-9H;/q;-1;. The molecule has 9 heteroatoms. The summed E-state index contributed by atoms with van der Waals surface area (Å²) in [5, 5.41) is 4.35. The normalized spacial score (nSPS) is 17.5. The summed E-state index contributed by atoms with van der Waals surface area (Å²) < 4.78 is 18.4. The van der Waals surface area contributed by atoms with Crippen molar-refractivity contribution < 1.29 is 29.4 Å². The summed E-state index contributed by atoms with van der Waals surface area (Å²) in [7, 11) is 1.97. The monoisotopic (exact) mass is 623 g/mol. The van der Waals surface area contributed by atoms with E-state index < -0.39 is 18.0 Å². The Morgan fingerprint density at radius 3 is 2.15 bits per heavy atom. The third kappa shape index (κ3) is 5.02. The molecule has 1 radical (unpaired) electrons. The number of pyridine rings is 1. The Hall–Kier alpha value is -2.58. The van der Waals surface area contributed by atoms with Gasteiger partial charge in [-0.3, -0.25) is 0 Å². The summed E-state index contributed by atoms with van der Waals surface area (Å²) in [6.07, 6.45) is 11.2. The van der Waals surface area contributed by atoms with E-state index in [4.69, 9.17) is 9.31 Å². The minimum atomic E-state index is -1.90. The number of aromatic nitrogens is 5. The van der Waals surface area contributed by atoms with E-state index in [1.54, 1.807) is 17.0 Å². The molecule has 7 nitrogen and oxygen atoms in total. The van der Waals surface area contributed by atoms with Crippen molar-refractivity contribution in [3.05, 3.63) is 91.9 Å². The van der Waals surface area contributed by atoms with Gasteiger partial charge in [0, 0.05) is 50.7 Å². The molecule has 175 valence electrons. The van der Waals surface area contributed by atoms with E-state index in [1.165, 1.54) is 0 Å². The largest absolute Gasteiger partial charge is 0.521 e. The van der Waals surface area contributed by atoms with E-state index in [1.807, 2.05) is 117 Å². The fourth-order valence-electron chi connectivity index (χ4n) is 3.65. The minimum absolute atomic E-state index is 0. The number of rotatable bonds is 3. The van der Waals surface area contributed by atoms with Crippen molar-refractivity contribution in [2.45, 2.75) is 38.9 Å². The summed E-state index contributed by atoms with van der Waals surface area (Å²) in [6, 6.07) is 18.7. The Kier molecular flexibility index (Phi) is 7.39. The van der Waals surface area contributed by atoms with Gasteiger partial charge in [-0.2, -0.15) is 0 Å². The van der Waals surface area contributed by atoms with Crippen LogP contribution in [0.3, 0.4) is 0 Å². The van der Waals surface area contributed by atoms with Gasteiger partial charge >= 0.3 is 6.82 Å². The molecule has 5 rings (SSSR count). The zero-order chi connectivity index (χ0) is 22.8. The average molecular weight is 623 g/mol. The molecule has 4 aromatic rings. The SMILES string of the molecule is Cn1ccn([B-]2(n3cccn3)OC(C)(C)C(C)(C)O2)[cH+]1.[Ir].[c-]1ccccc1-c1ccccn1. The van der Waals surface area contributed by atoms with E-state index in [0.717, 1.165) is 11.3 Å². The van der Waals surface area contributed by atoms with Crippen LogP contribution in [-0.4, -0.2) is 41.7 Å². The summed E-state index contributed by atoms with van der Waals surface area (Å²) in [5.41, 5.74) is 1.15. The Bertz CT molecular complexity index is 1090. The van der Waals surface area contributed by atoms with Gasteiger partial charge in [-0.1, -0.05) is 12.1 Å². The molecule has 1 aliphatic rings. The fraction of sp³-hybridized carbons (Fsp3) is 0.292. The molecule has 0 aliphatic carbocycles. The van der Waals surface area contributed by atoms with Crippen molar-refractivity contribution in [1.29, 1.82) is 0 Å². The van der Waals surface area contributed by atoms with Crippen LogP contribution in [-0.2, 0) is 36.5 Å². The third-order valence-electron chi connectivity index (χ3n) is 6.02. The zero-order valence-corrected chi connectivity index (χ0v) is 21.9. The van der Waals surface area contributed by atoms with Crippen molar-refractivity contribution in [3.63, 3.8) is 0 Å². The Morgan fingerprint density at radius 1 is 0.909 bits per heavy atom. The van der Waals surface area contributed by atoms with Gasteiger partial charge in [0.2, 0.25) is 0 Å². The summed E-state index contributed by atoms with van der Waals surface area (Å²) in [4.78, 5) is 4.22. The van der Waals surface area contributed by atoms with Crippen LogP contribution < -0.4 is 0 Å². The van der Waals surface area contributed by atoms with Crippen LogP contribution >= 0.6 is 0 Å². The first-order valence-corrected chi connectivity index (χ1v) is 10.7. The smallest absolute Gasteiger partial charge is 0.507 e. The summed E-state index contributed by atoms with van der Waals surface area (Å²) in [6.45, 7) is 6.28. The van der Waals surface area contributed by atoms with Gasteiger partial charge in [-0.25, -0.2) is 9.67 Å². The molecule has 1 saturated heterocycles. The van der Waals surface area contributed by atoms with Gasteiger partial charge in [-0.05, 0) is 51.7 Å². The molecule has 1 aromatic carbocycles. The second kappa shape index (κ2) is 9.73. The van der Waals surface area contributed by atoms with Crippen LogP contribution in [0.25, 0.3) is 11.3 Å². The van der Waals surface area contributed by atoms with Crippen molar-refractivity contribution in [2.75, 3.05) is 0 Å². The maximum absolute atomic E-state index is 6.39. The molecule has 0 spiro atoms. The Morgan fingerprint density at radius 2 is 1.64 bits per heavy atom. The Balaban J connectivity index is 0.000000202. The van der Waals surface area contributed by atoms with E-state index in [9.17, 15) is 0 Å². The van der Waals surface area contributed by atoms with Gasteiger partial charge in [0.15, 0.2) is 6.20 Å². The molecule has 0 atom stereocenters. The quantitative estimate of drug-likeness (QED) is 0.253. The second-order valence-corrected chi connectivity index (χ2v) is 8.89. The number of benzene rings is 1. The van der Waals surface area contributed by atoms with Crippen molar-refractivity contribution in [3.8, 4) is 11.3 Å². The number of hydrogen-bond acceptors (Lipinski definition) is 4. The molecule has 0 amide bonds. The van der Waals surface area contributed by atoms with Crippen molar-refractivity contribution >= 4 is 6.82 Å². The minimum Gasteiger partial charge on any atom is -0.521 e. The molecular weight excluding hydrogens is 593 g/mol. The average Bonchev–Trinajstić information content (AvgIpc) is 3.50. The van der Waals surface area contributed by atoms with Crippen LogP contribution in [0, 0.1) is 6.07 Å². The second-order valence-electron chi connectivity index (χ2n) is 8.89. The van der Waals surface area contributed by atoms with Crippen molar-refractivity contribution in [1.82, 2.24) is 23.7 Å². The topological polar surface area (TPSA) is 59.0 Å². The molecule has 1 aliphatic heterocycles. The van der Waals surface area contributed by atoms with Gasteiger partial charge < -0.3 is 23.4 Å². The van der Waals surface area contributed by atoms with E-state index in [2.05, 4.69) is 16.1 Å². The number of aryl methyl sites for hydroxylation is 1. The zero-order valence-electron chi connectivity index (χ0n) is 19.5. The number of imidazole rings is 1. The van der Waals surface area contributed by atoms with Gasteiger partial charge in [0.25, 0.3) is 0 Å². The molecule has 0 bridgehead atoms. The molecule has 0 unspecified atom stereocenters. The van der Waals surface area contributed by atoms with Crippen LogP contribution in [0.4, 0.5) is 0 Å². The molecule has 4 heterocycles. The van der Waals surface area contributed by atoms with E-state index in [0.29, 0.717) is 0 Å². The first-order chi connectivity index (χ1) is 15.2. The Labute approximate surface area is 208 Å². The first-order valence-electron chi connectivity index (χ1n) is 10.7. The summed E-state index contributed by atoms with van der Waals surface area (Å²) in [5.74, 6) is 0. The molecule has 0 saturated carbocycles. The van der Waals surface area contributed by atoms with Gasteiger partial charge in [0.05, 0.1) is 0 Å².